The maximum atomic E-state index is 13.0. The number of aromatic nitrogens is 1. The lowest BCUT2D eigenvalue weighted by atomic mass is 10.1. The molecule has 0 bridgehead atoms. The molecule has 0 aliphatic carbocycles. The van der Waals surface area contributed by atoms with Crippen LogP contribution >= 0.6 is 0 Å². The minimum absolute atomic E-state index is 0.122. The van der Waals surface area contributed by atoms with Crippen LogP contribution in [0.5, 0.6) is 5.75 Å². The molecule has 0 unspecified atom stereocenters. The first-order valence-electron chi connectivity index (χ1n) is 9.28. The number of aromatic hydroxyl groups is 1. The number of hydrazone groups is 1. The second kappa shape index (κ2) is 7.90. The predicted octanol–water partition coefficient (Wildman–Crippen LogP) is 4.10. The smallest absolute Gasteiger partial charge is 0.259 e. The SMILES string of the molecule is Cn1c2ccccc2c2cc(C(=O)Nc3ccccc3NN=C(C#N)C#N)c(O)cc21. The third kappa shape index (κ3) is 3.50. The highest BCUT2D eigenvalue weighted by Gasteiger charge is 2.17. The van der Waals surface area contributed by atoms with Crippen molar-refractivity contribution in [3.63, 3.8) is 0 Å². The Hall–Kier alpha value is -4.82. The summed E-state index contributed by atoms with van der Waals surface area (Å²) in [5.74, 6) is -0.651. The van der Waals surface area contributed by atoms with E-state index < -0.39 is 5.91 Å². The number of amides is 1. The number of carbonyl (C=O) groups is 1. The third-order valence-corrected chi connectivity index (χ3v) is 4.95. The Balaban J connectivity index is 1.71. The van der Waals surface area contributed by atoms with Gasteiger partial charge in [-0.2, -0.15) is 15.6 Å². The largest absolute Gasteiger partial charge is 0.507 e. The lowest BCUT2D eigenvalue weighted by Gasteiger charge is -2.11. The molecule has 1 amide bonds. The van der Waals surface area contributed by atoms with Crippen LogP contribution in [0.1, 0.15) is 10.4 Å². The van der Waals surface area contributed by atoms with E-state index in [0.717, 1.165) is 21.8 Å². The zero-order valence-electron chi connectivity index (χ0n) is 16.4. The van der Waals surface area contributed by atoms with Crippen molar-refractivity contribution >= 4 is 44.8 Å². The van der Waals surface area contributed by atoms with Crippen molar-refractivity contribution in [3.05, 3.63) is 66.2 Å². The number of aryl methyl sites for hydroxylation is 1. The van der Waals surface area contributed by atoms with Gasteiger partial charge in [-0.05, 0) is 24.3 Å². The fourth-order valence-electron chi connectivity index (χ4n) is 3.45. The van der Waals surface area contributed by atoms with E-state index in [9.17, 15) is 9.90 Å². The minimum atomic E-state index is -0.508. The number of rotatable bonds is 4. The number of nitriles is 2. The van der Waals surface area contributed by atoms with Crippen molar-refractivity contribution in [1.29, 1.82) is 10.5 Å². The van der Waals surface area contributed by atoms with E-state index >= 15 is 0 Å². The summed E-state index contributed by atoms with van der Waals surface area (Å²) in [5.41, 5.74) is 4.96. The van der Waals surface area contributed by atoms with E-state index in [1.165, 1.54) is 0 Å². The Morgan fingerprint density at radius 3 is 2.39 bits per heavy atom. The Morgan fingerprint density at radius 1 is 0.968 bits per heavy atom. The summed E-state index contributed by atoms with van der Waals surface area (Å²) in [6, 6.07) is 21.1. The topological polar surface area (TPSA) is 126 Å². The van der Waals surface area contributed by atoms with Crippen LogP contribution in [-0.4, -0.2) is 21.3 Å². The van der Waals surface area contributed by atoms with E-state index in [1.54, 1.807) is 48.5 Å². The number of hydrogen-bond acceptors (Lipinski definition) is 6. The number of phenols is 1. The van der Waals surface area contributed by atoms with Gasteiger partial charge in [0.25, 0.3) is 5.91 Å². The van der Waals surface area contributed by atoms with Gasteiger partial charge < -0.3 is 15.0 Å². The molecule has 0 saturated carbocycles. The molecule has 0 aliphatic rings. The number of anilines is 2. The summed E-state index contributed by atoms with van der Waals surface area (Å²) in [7, 11) is 1.91. The first kappa shape index (κ1) is 19.5. The third-order valence-electron chi connectivity index (χ3n) is 4.95. The summed E-state index contributed by atoms with van der Waals surface area (Å²) in [5, 5.41) is 36.5. The molecule has 0 radical (unpaired) electrons. The van der Waals surface area contributed by atoms with Gasteiger partial charge in [-0.25, -0.2) is 0 Å². The van der Waals surface area contributed by atoms with Crippen LogP contribution in [0.3, 0.4) is 0 Å². The zero-order chi connectivity index (χ0) is 22.0. The lowest BCUT2D eigenvalue weighted by Crippen LogP contribution is -2.13. The van der Waals surface area contributed by atoms with E-state index in [1.807, 2.05) is 35.9 Å². The first-order valence-corrected chi connectivity index (χ1v) is 9.28. The van der Waals surface area contributed by atoms with Crippen molar-refractivity contribution < 1.29 is 9.90 Å². The summed E-state index contributed by atoms with van der Waals surface area (Å²) in [6.45, 7) is 0. The maximum Gasteiger partial charge on any atom is 0.259 e. The molecular weight excluding hydrogens is 392 g/mol. The summed E-state index contributed by atoms with van der Waals surface area (Å²) in [6.07, 6.45) is 0. The molecule has 0 spiro atoms. The molecule has 1 heterocycles. The monoisotopic (exact) mass is 408 g/mol. The number of nitrogens with one attached hydrogen (secondary N) is 2. The zero-order valence-corrected chi connectivity index (χ0v) is 16.4. The van der Waals surface area contributed by atoms with Crippen molar-refractivity contribution in [2.75, 3.05) is 10.7 Å². The second-order valence-corrected chi connectivity index (χ2v) is 6.76. The first-order chi connectivity index (χ1) is 15.0. The molecule has 1 aromatic heterocycles. The van der Waals surface area contributed by atoms with Gasteiger partial charge in [0.15, 0.2) is 0 Å². The minimum Gasteiger partial charge on any atom is -0.507 e. The fraction of sp³-hybridized carbons (Fsp3) is 0.0435. The number of hydrogen-bond donors (Lipinski definition) is 3. The molecule has 0 aliphatic heterocycles. The fourth-order valence-corrected chi connectivity index (χ4v) is 3.45. The molecule has 0 fully saturated rings. The molecule has 4 aromatic rings. The van der Waals surface area contributed by atoms with Crippen LogP contribution in [-0.2, 0) is 7.05 Å². The quantitative estimate of drug-likeness (QED) is 0.346. The van der Waals surface area contributed by atoms with Crippen LogP contribution in [0.15, 0.2) is 65.8 Å². The van der Waals surface area contributed by atoms with Crippen molar-refractivity contribution in [1.82, 2.24) is 4.57 Å². The standard InChI is InChI=1S/C23H16N6O2/c1-29-20-9-5-2-6-15(20)16-10-17(22(30)11-21(16)29)23(31)26-18-7-3-4-8-19(18)28-27-14(12-24)13-25/h2-11,28,30H,1H3,(H,26,31). The predicted molar refractivity (Wildman–Crippen MR) is 119 cm³/mol. The molecule has 3 N–H and O–H groups in total. The molecule has 8 heteroatoms. The number of benzene rings is 3. The van der Waals surface area contributed by atoms with E-state index in [-0.39, 0.29) is 17.0 Å². The van der Waals surface area contributed by atoms with Gasteiger partial charge in [0.05, 0.1) is 22.5 Å². The summed E-state index contributed by atoms with van der Waals surface area (Å²) >= 11 is 0. The van der Waals surface area contributed by atoms with Crippen LogP contribution in [0.4, 0.5) is 11.4 Å². The second-order valence-electron chi connectivity index (χ2n) is 6.76. The van der Waals surface area contributed by atoms with E-state index in [0.29, 0.717) is 11.4 Å². The Bertz CT molecular complexity index is 1440. The average molecular weight is 408 g/mol. The highest BCUT2D eigenvalue weighted by atomic mass is 16.3. The maximum absolute atomic E-state index is 13.0. The molecular formula is C23H16N6O2. The number of nitrogens with zero attached hydrogens (tertiary/aromatic N) is 4. The molecule has 150 valence electrons. The highest BCUT2D eigenvalue weighted by Crippen LogP contribution is 2.33. The van der Waals surface area contributed by atoms with Crippen molar-refractivity contribution in [2.24, 2.45) is 12.1 Å². The van der Waals surface area contributed by atoms with Gasteiger partial charge in [0.1, 0.15) is 17.9 Å². The summed E-state index contributed by atoms with van der Waals surface area (Å²) in [4.78, 5) is 13.0. The Kier molecular flexibility index (Phi) is 4.97. The Morgan fingerprint density at radius 2 is 1.65 bits per heavy atom. The van der Waals surface area contributed by atoms with E-state index in [2.05, 4.69) is 15.8 Å². The number of phenolic OH excluding ortho intramolecular Hbond substituents is 1. The Labute approximate surface area is 177 Å². The van der Waals surface area contributed by atoms with Gasteiger partial charge in [-0.3, -0.25) is 10.2 Å². The van der Waals surface area contributed by atoms with Crippen LogP contribution in [0.2, 0.25) is 0 Å². The van der Waals surface area contributed by atoms with Gasteiger partial charge in [0, 0.05) is 29.4 Å². The van der Waals surface area contributed by atoms with Gasteiger partial charge in [-0.15, -0.1) is 0 Å². The molecule has 4 rings (SSSR count). The van der Waals surface area contributed by atoms with Crippen molar-refractivity contribution in [2.45, 2.75) is 0 Å². The van der Waals surface area contributed by atoms with Crippen molar-refractivity contribution in [3.8, 4) is 17.9 Å². The van der Waals surface area contributed by atoms with Crippen LogP contribution < -0.4 is 10.7 Å². The van der Waals surface area contributed by atoms with Crippen LogP contribution in [0.25, 0.3) is 21.8 Å². The van der Waals surface area contributed by atoms with Gasteiger partial charge >= 0.3 is 0 Å². The molecule has 0 saturated heterocycles. The normalized spacial score (nSPS) is 10.3. The highest BCUT2D eigenvalue weighted by molar-refractivity contribution is 6.15. The summed E-state index contributed by atoms with van der Waals surface area (Å²) < 4.78 is 1.96. The number of para-hydroxylation sites is 3. The van der Waals surface area contributed by atoms with Crippen LogP contribution in [0, 0.1) is 22.7 Å². The molecule has 0 atom stereocenters. The molecule has 31 heavy (non-hydrogen) atoms. The molecule has 8 nitrogen and oxygen atoms in total. The van der Waals surface area contributed by atoms with Gasteiger partial charge in [0.2, 0.25) is 5.71 Å². The molecule has 3 aromatic carbocycles. The average Bonchev–Trinajstić information content (AvgIpc) is 3.06. The van der Waals surface area contributed by atoms with E-state index in [4.69, 9.17) is 10.5 Å². The lowest BCUT2D eigenvalue weighted by molar-refractivity contribution is 0.102. The van der Waals surface area contributed by atoms with Gasteiger partial charge in [-0.1, -0.05) is 30.3 Å². The number of carbonyl (C=O) groups excluding carboxylic acids is 1. The number of fused-ring (bicyclic) bond motifs is 3.